The van der Waals surface area contributed by atoms with Crippen molar-refractivity contribution in [3.63, 3.8) is 0 Å². The Morgan fingerprint density at radius 2 is 2.25 bits per heavy atom. The number of thiocarbonyl (C=S) groups is 1. The van der Waals surface area contributed by atoms with Crippen molar-refractivity contribution in [3.05, 3.63) is 29.6 Å². The van der Waals surface area contributed by atoms with Gasteiger partial charge in [-0.2, -0.15) is 0 Å². The molecule has 0 bridgehead atoms. The summed E-state index contributed by atoms with van der Waals surface area (Å²) < 4.78 is 23.9. The summed E-state index contributed by atoms with van der Waals surface area (Å²) in [6, 6.07) is 4.47. The molecule has 0 spiro atoms. The second-order valence-corrected chi connectivity index (χ2v) is 3.80. The molecule has 0 aliphatic rings. The van der Waals surface area contributed by atoms with Crippen LogP contribution in [0.5, 0.6) is 5.75 Å². The second kappa shape index (κ2) is 5.77. The van der Waals surface area contributed by atoms with Crippen LogP contribution in [0.4, 0.5) is 4.39 Å². The number of hydrogen-bond donors (Lipinski definition) is 1. The predicted molar refractivity (Wildman–Crippen MR) is 64.3 cm³/mol. The van der Waals surface area contributed by atoms with Gasteiger partial charge in [0.15, 0.2) is 0 Å². The monoisotopic (exact) mass is 243 g/mol. The molecule has 16 heavy (non-hydrogen) atoms. The summed E-state index contributed by atoms with van der Waals surface area (Å²) in [7, 11) is 1.57. The van der Waals surface area contributed by atoms with Gasteiger partial charge in [-0.1, -0.05) is 18.3 Å². The zero-order chi connectivity index (χ0) is 12.1. The van der Waals surface area contributed by atoms with Crippen molar-refractivity contribution in [1.82, 2.24) is 0 Å². The molecule has 0 saturated heterocycles. The van der Waals surface area contributed by atoms with Crippen LogP contribution in [0.2, 0.25) is 0 Å². The second-order valence-electron chi connectivity index (χ2n) is 3.36. The lowest BCUT2D eigenvalue weighted by atomic mass is 10.2. The molecule has 0 aliphatic heterocycles. The zero-order valence-corrected chi connectivity index (χ0v) is 10.0. The van der Waals surface area contributed by atoms with E-state index in [4.69, 9.17) is 27.4 Å². The van der Waals surface area contributed by atoms with Gasteiger partial charge in [-0.15, -0.1) is 0 Å². The first-order chi connectivity index (χ1) is 7.56. The van der Waals surface area contributed by atoms with Gasteiger partial charge in [0, 0.05) is 7.11 Å². The Morgan fingerprint density at radius 3 is 2.81 bits per heavy atom. The third-order valence-corrected chi connectivity index (χ3v) is 2.16. The van der Waals surface area contributed by atoms with E-state index in [-0.39, 0.29) is 16.7 Å². The topological polar surface area (TPSA) is 44.5 Å². The first-order valence-electron chi connectivity index (χ1n) is 4.80. The zero-order valence-electron chi connectivity index (χ0n) is 9.20. The van der Waals surface area contributed by atoms with Crippen molar-refractivity contribution in [1.29, 1.82) is 0 Å². The lowest BCUT2D eigenvalue weighted by molar-refractivity contribution is 0.0917. The minimum atomic E-state index is -0.477. The minimum absolute atomic E-state index is 0.0160. The summed E-state index contributed by atoms with van der Waals surface area (Å²) >= 11 is 4.78. The average molecular weight is 243 g/mol. The highest BCUT2D eigenvalue weighted by Crippen LogP contribution is 2.22. The van der Waals surface area contributed by atoms with Gasteiger partial charge < -0.3 is 15.2 Å². The molecule has 0 radical (unpaired) electrons. The fraction of sp³-hybridized carbons (Fsp3) is 0.364. The van der Waals surface area contributed by atoms with Gasteiger partial charge in [-0.3, -0.25) is 0 Å². The lowest BCUT2D eigenvalue weighted by Crippen LogP contribution is -2.21. The van der Waals surface area contributed by atoms with E-state index in [1.165, 1.54) is 6.07 Å². The molecular formula is C11H14FNO2S. The van der Waals surface area contributed by atoms with Crippen molar-refractivity contribution in [2.24, 2.45) is 5.73 Å². The number of methoxy groups -OCH3 is 1. The minimum Gasteiger partial charge on any atom is -0.487 e. The summed E-state index contributed by atoms with van der Waals surface area (Å²) in [6.07, 6.45) is -0.195. The number of ether oxygens (including phenoxy) is 2. The first kappa shape index (κ1) is 12.9. The summed E-state index contributed by atoms with van der Waals surface area (Å²) in [4.78, 5) is -0.0160. The van der Waals surface area contributed by atoms with E-state index < -0.39 is 5.82 Å². The van der Waals surface area contributed by atoms with Crippen molar-refractivity contribution in [2.75, 3.05) is 13.7 Å². The number of nitrogens with two attached hydrogens (primary N) is 1. The lowest BCUT2D eigenvalue weighted by Gasteiger charge is -2.16. The van der Waals surface area contributed by atoms with Gasteiger partial charge >= 0.3 is 0 Å². The van der Waals surface area contributed by atoms with E-state index in [0.29, 0.717) is 12.4 Å². The number of hydrogen-bond acceptors (Lipinski definition) is 3. The van der Waals surface area contributed by atoms with Crippen LogP contribution in [-0.2, 0) is 4.74 Å². The van der Waals surface area contributed by atoms with Crippen molar-refractivity contribution >= 4 is 17.2 Å². The van der Waals surface area contributed by atoms with Crippen LogP contribution in [0.15, 0.2) is 18.2 Å². The highest BCUT2D eigenvalue weighted by Gasteiger charge is 2.14. The maximum absolute atomic E-state index is 13.5. The van der Waals surface area contributed by atoms with Crippen LogP contribution in [-0.4, -0.2) is 24.8 Å². The van der Waals surface area contributed by atoms with Crippen LogP contribution in [0.3, 0.4) is 0 Å². The smallest absolute Gasteiger partial charge is 0.137 e. The van der Waals surface area contributed by atoms with Gasteiger partial charge in [0.25, 0.3) is 0 Å². The standard InChI is InChI=1S/C11H14FNO2S/c1-7(6-14-2)15-9-5-3-4-8(12)10(9)11(13)16/h3-5,7H,6H2,1-2H3,(H2,13,16). The summed E-state index contributed by atoms with van der Waals surface area (Å²) in [5.74, 6) is -0.133. The molecule has 0 fully saturated rings. The van der Waals surface area contributed by atoms with E-state index in [0.717, 1.165) is 0 Å². The van der Waals surface area contributed by atoms with Gasteiger partial charge in [0.05, 0.1) is 12.2 Å². The third-order valence-electron chi connectivity index (χ3n) is 1.95. The molecule has 0 amide bonds. The fourth-order valence-electron chi connectivity index (χ4n) is 1.33. The predicted octanol–water partition coefficient (Wildman–Crippen LogP) is 1.87. The van der Waals surface area contributed by atoms with E-state index >= 15 is 0 Å². The van der Waals surface area contributed by atoms with Crippen LogP contribution in [0.1, 0.15) is 12.5 Å². The van der Waals surface area contributed by atoms with Gasteiger partial charge in [-0.05, 0) is 19.1 Å². The molecule has 1 rings (SSSR count). The van der Waals surface area contributed by atoms with Crippen LogP contribution in [0, 0.1) is 5.82 Å². The Balaban J connectivity index is 2.95. The Morgan fingerprint density at radius 1 is 1.56 bits per heavy atom. The highest BCUT2D eigenvalue weighted by molar-refractivity contribution is 7.80. The summed E-state index contributed by atoms with van der Waals surface area (Å²) in [6.45, 7) is 2.23. The molecular weight excluding hydrogens is 229 g/mol. The maximum atomic E-state index is 13.5. The maximum Gasteiger partial charge on any atom is 0.137 e. The fourth-order valence-corrected chi connectivity index (χ4v) is 1.53. The van der Waals surface area contributed by atoms with Crippen LogP contribution in [0.25, 0.3) is 0 Å². The van der Waals surface area contributed by atoms with Crippen LogP contribution >= 0.6 is 12.2 Å². The van der Waals surface area contributed by atoms with Gasteiger partial charge in [0.1, 0.15) is 22.7 Å². The number of benzene rings is 1. The molecule has 0 heterocycles. The molecule has 3 nitrogen and oxygen atoms in total. The van der Waals surface area contributed by atoms with Gasteiger partial charge in [0.2, 0.25) is 0 Å². The Bertz CT molecular complexity index is 384. The molecule has 0 aromatic heterocycles. The average Bonchev–Trinajstić information content (AvgIpc) is 2.17. The molecule has 5 heteroatoms. The Kier molecular flexibility index (Phi) is 4.64. The van der Waals surface area contributed by atoms with E-state index in [1.54, 1.807) is 19.2 Å². The van der Waals surface area contributed by atoms with Crippen LogP contribution < -0.4 is 10.5 Å². The summed E-state index contributed by atoms with van der Waals surface area (Å²) in [5, 5.41) is 0. The van der Waals surface area contributed by atoms with Crippen molar-refractivity contribution in [3.8, 4) is 5.75 Å². The molecule has 1 atom stereocenters. The van der Waals surface area contributed by atoms with Crippen molar-refractivity contribution in [2.45, 2.75) is 13.0 Å². The molecule has 0 saturated carbocycles. The normalized spacial score (nSPS) is 12.2. The Hall–Kier alpha value is -1.20. The SMILES string of the molecule is COCC(C)Oc1cccc(F)c1C(N)=S. The summed E-state index contributed by atoms with van der Waals surface area (Å²) in [5.41, 5.74) is 5.58. The van der Waals surface area contributed by atoms with Crippen molar-refractivity contribution < 1.29 is 13.9 Å². The molecule has 2 N–H and O–H groups in total. The largest absolute Gasteiger partial charge is 0.487 e. The Labute approximate surface area is 99.3 Å². The molecule has 1 aromatic carbocycles. The first-order valence-corrected chi connectivity index (χ1v) is 5.21. The molecule has 0 aliphatic carbocycles. The molecule has 1 unspecified atom stereocenters. The number of halogens is 1. The van der Waals surface area contributed by atoms with E-state index in [2.05, 4.69) is 0 Å². The molecule has 1 aromatic rings. The number of rotatable bonds is 5. The third kappa shape index (κ3) is 3.15. The van der Waals surface area contributed by atoms with E-state index in [1.807, 2.05) is 6.92 Å². The highest BCUT2D eigenvalue weighted by atomic mass is 32.1. The molecule has 88 valence electrons. The van der Waals surface area contributed by atoms with E-state index in [9.17, 15) is 4.39 Å². The van der Waals surface area contributed by atoms with Gasteiger partial charge in [-0.25, -0.2) is 4.39 Å². The quantitative estimate of drug-likeness (QED) is 0.802.